The molecule has 0 spiro atoms. The Kier molecular flexibility index (Phi) is 5.81. The number of benzene rings is 3. The van der Waals surface area contributed by atoms with E-state index in [1.54, 1.807) is 21.9 Å². The van der Waals surface area contributed by atoms with Gasteiger partial charge in [-0.1, -0.05) is 78.7 Å². The molecular weight excluding hydrogens is 505 g/mol. The van der Waals surface area contributed by atoms with Gasteiger partial charge in [-0.3, -0.25) is 9.59 Å². The molecule has 2 amide bonds. The van der Waals surface area contributed by atoms with E-state index in [1.807, 2.05) is 31.2 Å². The van der Waals surface area contributed by atoms with Crippen molar-refractivity contribution in [2.45, 2.75) is 38.3 Å². The van der Waals surface area contributed by atoms with E-state index in [0.717, 1.165) is 39.7 Å². The molecule has 2 aliphatic heterocycles. The molecule has 0 aliphatic carbocycles. The Labute approximate surface area is 226 Å². The van der Waals surface area contributed by atoms with Gasteiger partial charge >= 0.3 is 0 Å². The minimum Gasteiger partial charge on any atom is -0.356 e. The number of aromatic nitrogens is 1. The van der Waals surface area contributed by atoms with Crippen molar-refractivity contribution in [1.82, 2.24) is 14.8 Å². The van der Waals surface area contributed by atoms with Gasteiger partial charge in [-0.25, -0.2) is 0 Å². The lowest BCUT2D eigenvalue weighted by atomic mass is 9.76. The third-order valence-corrected chi connectivity index (χ3v) is 8.57. The zero-order chi connectivity index (χ0) is 25.9. The van der Waals surface area contributed by atoms with Crippen LogP contribution in [0.25, 0.3) is 10.9 Å². The number of H-pyrrole nitrogens is 1. The Morgan fingerprint density at radius 1 is 1.03 bits per heavy atom. The molecule has 0 radical (unpaired) electrons. The second-order valence-electron chi connectivity index (χ2n) is 10.1. The average Bonchev–Trinajstić information content (AvgIpc) is 3.30. The van der Waals surface area contributed by atoms with E-state index in [4.69, 9.17) is 23.2 Å². The number of carbonyl (C=O) groups is 2. The van der Waals surface area contributed by atoms with Crippen LogP contribution in [0.3, 0.4) is 0 Å². The number of piperazine rings is 1. The van der Waals surface area contributed by atoms with Gasteiger partial charge in [0.2, 0.25) is 5.91 Å². The standard InChI is InChI=1S/C30H27Cl2N3O2/c1-3-18-8-10-19(11-9-18)23-16-35-26(36)17-34(15-20-12-13-21(31)14-24(20)32)29(37)30(35,2)28-27(23)22-6-4-5-7-25(22)33-28/h4-14,23,33H,3,15-17H2,1-2H3/t23-,30-/m0/s1. The van der Waals surface area contributed by atoms with E-state index in [-0.39, 0.29) is 30.8 Å². The third kappa shape index (κ3) is 3.75. The molecule has 3 aromatic carbocycles. The summed E-state index contributed by atoms with van der Waals surface area (Å²) in [5, 5.41) is 2.09. The number of carbonyl (C=O) groups excluding carboxylic acids is 2. The van der Waals surface area contributed by atoms with E-state index < -0.39 is 5.54 Å². The maximum Gasteiger partial charge on any atom is 0.255 e. The number of hydrogen-bond donors (Lipinski definition) is 1. The zero-order valence-electron chi connectivity index (χ0n) is 20.7. The Morgan fingerprint density at radius 3 is 2.51 bits per heavy atom. The first kappa shape index (κ1) is 24.1. The molecule has 37 heavy (non-hydrogen) atoms. The molecule has 1 fully saturated rings. The Bertz CT molecular complexity index is 1540. The van der Waals surface area contributed by atoms with Gasteiger partial charge in [-0.15, -0.1) is 0 Å². The van der Waals surface area contributed by atoms with Crippen LogP contribution in [0.4, 0.5) is 0 Å². The quantitative estimate of drug-likeness (QED) is 0.337. The van der Waals surface area contributed by atoms with Crippen LogP contribution in [0.15, 0.2) is 66.7 Å². The zero-order valence-corrected chi connectivity index (χ0v) is 22.2. The summed E-state index contributed by atoms with van der Waals surface area (Å²) in [6, 6.07) is 22.0. The van der Waals surface area contributed by atoms with Gasteiger partial charge in [-0.05, 0) is 53.8 Å². The Balaban J connectivity index is 1.48. The molecule has 6 rings (SSSR count). The number of fused-ring (bicyclic) bond motifs is 5. The van der Waals surface area contributed by atoms with Crippen molar-refractivity contribution >= 4 is 45.9 Å². The number of halogens is 2. The topological polar surface area (TPSA) is 56.4 Å². The Hall–Kier alpha value is -3.28. The SMILES string of the molecule is CCc1ccc([C@@H]2CN3C(=O)CN(Cc4ccc(Cl)cc4Cl)C(=O)[C@]3(C)c3[nH]c4ccccc4c32)cc1. The van der Waals surface area contributed by atoms with Crippen LogP contribution in [-0.4, -0.2) is 39.7 Å². The van der Waals surface area contributed by atoms with Gasteiger partial charge in [-0.2, -0.15) is 0 Å². The third-order valence-electron chi connectivity index (χ3n) is 7.98. The monoisotopic (exact) mass is 531 g/mol. The predicted octanol–water partition coefficient (Wildman–Crippen LogP) is 6.27. The lowest BCUT2D eigenvalue weighted by Gasteiger charge is -2.51. The van der Waals surface area contributed by atoms with Crippen LogP contribution in [0.5, 0.6) is 0 Å². The fourth-order valence-electron chi connectivity index (χ4n) is 5.94. The second-order valence-corrected chi connectivity index (χ2v) is 10.9. The first-order valence-electron chi connectivity index (χ1n) is 12.5. The largest absolute Gasteiger partial charge is 0.356 e. The number of amides is 2. The minimum absolute atomic E-state index is 0.00440. The molecule has 7 heteroatoms. The van der Waals surface area contributed by atoms with Crippen molar-refractivity contribution in [2.24, 2.45) is 0 Å². The van der Waals surface area contributed by atoms with Crippen molar-refractivity contribution in [3.63, 3.8) is 0 Å². The van der Waals surface area contributed by atoms with Gasteiger partial charge in [0.05, 0.1) is 5.69 Å². The fourth-order valence-corrected chi connectivity index (χ4v) is 6.41. The van der Waals surface area contributed by atoms with Crippen molar-refractivity contribution in [3.05, 3.63) is 105 Å². The van der Waals surface area contributed by atoms with Crippen LogP contribution < -0.4 is 0 Å². The number of aryl methyl sites for hydroxylation is 1. The summed E-state index contributed by atoms with van der Waals surface area (Å²) >= 11 is 12.5. The number of aromatic amines is 1. The lowest BCUT2D eigenvalue weighted by molar-refractivity contribution is -0.166. The van der Waals surface area contributed by atoms with Crippen molar-refractivity contribution in [3.8, 4) is 0 Å². The summed E-state index contributed by atoms with van der Waals surface area (Å²) in [5.41, 5.74) is 4.85. The Morgan fingerprint density at radius 2 is 1.78 bits per heavy atom. The molecule has 5 nitrogen and oxygen atoms in total. The molecule has 2 aliphatic rings. The van der Waals surface area contributed by atoms with Gasteiger partial charge in [0.25, 0.3) is 5.91 Å². The van der Waals surface area contributed by atoms with Crippen LogP contribution >= 0.6 is 23.2 Å². The van der Waals surface area contributed by atoms with Crippen LogP contribution in [-0.2, 0) is 28.1 Å². The highest BCUT2D eigenvalue weighted by Crippen LogP contribution is 2.48. The van der Waals surface area contributed by atoms with E-state index in [0.29, 0.717) is 16.6 Å². The highest BCUT2D eigenvalue weighted by Gasteiger charge is 2.56. The van der Waals surface area contributed by atoms with Gasteiger partial charge in [0, 0.05) is 40.0 Å². The van der Waals surface area contributed by atoms with Crippen LogP contribution in [0, 0.1) is 0 Å². The number of hydrogen-bond acceptors (Lipinski definition) is 2. The number of nitrogens with zero attached hydrogens (tertiary/aromatic N) is 2. The molecule has 1 N–H and O–H groups in total. The summed E-state index contributed by atoms with van der Waals surface area (Å²) in [4.78, 5) is 34.8. The maximum absolute atomic E-state index is 14.2. The van der Waals surface area contributed by atoms with Gasteiger partial charge in [0.1, 0.15) is 6.54 Å². The summed E-state index contributed by atoms with van der Waals surface area (Å²) in [7, 11) is 0. The van der Waals surface area contributed by atoms with Gasteiger partial charge in [0.15, 0.2) is 5.54 Å². The number of nitrogens with one attached hydrogen (secondary N) is 1. The van der Waals surface area contributed by atoms with E-state index in [9.17, 15) is 9.59 Å². The molecule has 4 aromatic rings. The fraction of sp³-hybridized carbons (Fsp3) is 0.267. The number of rotatable bonds is 4. The molecule has 2 atom stereocenters. The maximum atomic E-state index is 14.2. The van der Waals surface area contributed by atoms with Crippen LogP contribution in [0.2, 0.25) is 10.0 Å². The van der Waals surface area contributed by atoms with Gasteiger partial charge < -0.3 is 14.8 Å². The van der Waals surface area contributed by atoms with E-state index in [1.165, 1.54) is 5.56 Å². The molecular formula is C30H27Cl2N3O2. The molecule has 0 unspecified atom stereocenters. The number of para-hydroxylation sites is 1. The molecule has 0 saturated carbocycles. The molecule has 1 saturated heterocycles. The first-order chi connectivity index (χ1) is 17.8. The molecule has 188 valence electrons. The predicted molar refractivity (Wildman–Crippen MR) is 147 cm³/mol. The normalized spacial score (nSPS) is 21.4. The molecule has 0 bridgehead atoms. The lowest BCUT2D eigenvalue weighted by Crippen LogP contribution is -2.67. The van der Waals surface area contributed by atoms with Crippen molar-refractivity contribution < 1.29 is 9.59 Å². The molecule has 1 aromatic heterocycles. The van der Waals surface area contributed by atoms with Crippen molar-refractivity contribution in [2.75, 3.05) is 13.1 Å². The first-order valence-corrected chi connectivity index (χ1v) is 13.3. The van der Waals surface area contributed by atoms with Crippen LogP contribution in [0.1, 0.15) is 47.7 Å². The highest BCUT2D eigenvalue weighted by molar-refractivity contribution is 6.35. The molecule has 3 heterocycles. The summed E-state index contributed by atoms with van der Waals surface area (Å²) < 4.78 is 0. The summed E-state index contributed by atoms with van der Waals surface area (Å²) in [6.07, 6.45) is 0.966. The minimum atomic E-state index is -1.15. The van der Waals surface area contributed by atoms with E-state index >= 15 is 0 Å². The summed E-state index contributed by atoms with van der Waals surface area (Å²) in [6.45, 7) is 4.69. The second kappa shape index (κ2) is 8.93. The van der Waals surface area contributed by atoms with Crippen molar-refractivity contribution in [1.29, 1.82) is 0 Å². The van der Waals surface area contributed by atoms with E-state index in [2.05, 4.69) is 42.2 Å². The summed E-state index contributed by atoms with van der Waals surface area (Å²) in [5.74, 6) is -0.239. The smallest absolute Gasteiger partial charge is 0.255 e. The highest BCUT2D eigenvalue weighted by atomic mass is 35.5. The average molecular weight is 532 g/mol.